The number of allylic oxidation sites excluding steroid dienone is 3. The first-order valence-corrected chi connectivity index (χ1v) is 9.91. The highest BCUT2D eigenvalue weighted by atomic mass is 31.2. The summed E-state index contributed by atoms with van der Waals surface area (Å²) >= 11 is 0. The maximum atomic E-state index is 11.5. The third kappa shape index (κ3) is 3.46. The second-order valence-electron chi connectivity index (χ2n) is 6.15. The Morgan fingerprint density at radius 1 is 1.26 bits per heavy atom. The van der Waals surface area contributed by atoms with Crippen LogP contribution in [0.3, 0.4) is 0 Å². The van der Waals surface area contributed by atoms with Gasteiger partial charge >= 0.3 is 21.0 Å². The highest BCUT2D eigenvalue weighted by molar-refractivity contribution is 7.72. The molecule has 2 aliphatic heterocycles. The van der Waals surface area contributed by atoms with Crippen molar-refractivity contribution in [1.29, 1.82) is 0 Å². The molecule has 2 aliphatic rings. The Kier molecular flexibility index (Phi) is 4.46. The van der Waals surface area contributed by atoms with E-state index in [2.05, 4.69) is 4.99 Å². The van der Waals surface area contributed by atoms with Crippen LogP contribution in [-0.2, 0) is 9.13 Å². The second kappa shape index (κ2) is 5.57. The van der Waals surface area contributed by atoms with Gasteiger partial charge in [0.25, 0.3) is 5.08 Å². The average molecular weight is 365 g/mol. The van der Waals surface area contributed by atoms with Gasteiger partial charge in [0.1, 0.15) is 0 Å². The second-order valence-corrected chi connectivity index (χ2v) is 10.2. The molecule has 2 heterocycles. The monoisotopic (exact) mass is 365 g/mol. The fourth-order valence-electron chi connectivity index (χ4n) is 2.37. The number of aliphatic hydroxyl groups is 1. The van der Waals surface area contributed by atoms with Gasteiger partial charge in [-0.1, -0.05) is 24.9 Å². The highest BCUT2D eigenvalue weighted by Crippen LogP contribution is 2.69. The van der Waals surface area contributed by atoms with Crippen molar-refractivity contribution in [3.63, 3.8) is 0 Å². The van der Waals surface area contributed by atoms with E-state index in [1.54, 1.807) is 18.4 Å². The van der Waals surface area contributed by atoms with Gasteiger partial charge in [0.15, 0.2) is 12.3 Å². The quantitative estimate of drug-likeness (QED) is 0.356. The zero-order chi connectivity index (χ0) is 17.7. The van der Waals surface area contributed by atoms with Gasteiger partial charge in [-0.3, -0.25) is 9.13 Å². The van der Waals surface area contributed by atoms with Crippen molar-refractivity contribution in [2.45, 2.75) is 31.4 Å². The summed E-state index contributed by atoms with van der Waals surface area (Å²) in [5.74, 6) is 0.476. The normalized spacial score (nSPS) is 24.0. The van der Waals surface area contributed by atoms with E-state index in [1.165, 1.54) is 10.8 Å². The van der Waals surface area contributed by atoms with Gasteiger partial charge < -0.3 is 24.7 Å². The molecule has 11 heteroatoms. The van der Waals surface area contributed by atoms with E-state index in [-0.39, 0.29) is 5.41 Å². The molecule has 23 heavy (non-hydrogen) atoms. The maximum absolute atomic E-state index is 11.5. The van der Waals surface area contributed by atoms with Crippen LogP contribution in [-0.4, -0.2) is 52.8 Å². The van der Waals surface area contributed by atoms with Gasteiger partial charge in [-0.05, 0) is 6.08 Å². The molecule has 2 rings (SSSR count). The molecule has 9 nitrogen and oxygen atoms in total. The summed E-state index contributed by atoms with van der Waals surface area (Å²) in [6.07, 6.45) is 7.40. The molecule has 0 saturated carbocycles. The number of nitrogens with zero attached hydrogens (tertiary/aromatic N) is 2. The first kappa shape index (κ1) is 18.4. The maximum Gasteiger partial charge on any atom is 0.369 e. The minimum atomic E-state index is -5.49. The minimum Gasteiger partial charge on any atom is -0.367 e. The first-order valence-electron chi connectivity index (χ1n) is 6.69. The van der Waals surface area contributed by atoms with E-state index in [4.69, 9.17) is 0 Å². The molecular weight excluding hydrogens is 346 g/mol. The van der Waals surface area contributed by atoms with E-state index in [9.17, 15) is 33.8 Å². The number of fused-ring (bicyclic) bond motifs is 1. The fourth-order valence-corrected chi connectivity index (χ4v) is 4.58. The largest absolute Gasteiger partial charge is 0.369 e. The SMILES string of the molecule is CC1(C)C=CC=[N+]2C(=C1)N=CC2CC(O)(P(=O)(O)O)P(=O)(O)O. The Balaban J connectivity index is 2.41. The minimum absolute atomic E-state index is 0.310. The Labute approximate surface area is 132 Å². The number of aliphatic imine (C=N–C) groups is 1. The summed E-state index contributed by atoms with van der Waals surface area (Å²) in [5.41, 5.74) is -0.310. The topological polar surface area (TPSA) is 151 Å². The summed E-state index contributed by atoms with van der Waals surface area (Å²) < 4.78 is 24.4. The molecule has 0 spiro atoms. The van der Waals surface area contributed by atoms with Crippen LogP contribution >= 0.6 is 15.2 Å². The zero-order valence-electron chi connectivity index (χ0n) is 12.5. The lowest BCUT2D eigenvalue weighted by Gasteiger charge is -2.29. The number of hydrogen-bond acceptors (Lipinski definition) is 4. The van der Waals surface area contributed by atoms with Crippen LogP contribution < -0.4 is 0 Å². The lowest BCUT2D eigenvalue weighted by Crippen LogP contribution is -2.37. The summed E-state index contributed by atoms with van der Waals surface area (Å²) in [6.45, 7) is 3.86. The van der Waals surface area contributed by atoms with Crippen LogP contribution in [0.15, 0.2) is 29.0 Å². The average Bonchev–Trinajstić information content (AvgIpc) is 2.61. The lowest BCUT2D eigenvalue weighted by atomic mass is 9.93. The predicted octanol–water partition coefficient (Wildman–Crippen LogP) is 0.352. The zero-order valence-corrected chi connectivity index (χ0v) is 14.3. The van der Waals surface area contributed by atoms with Crippen LogP contribution in [0.2, 0.25) is 0 Å². The summed E-state index contributed by atoms with van der Waals surface area (Å²) in [6, 6.07) is -0.898. The Morgan fingerprint density at radius 3 is 2.35 bits per heavy atom. The van der Waals surface area contributed by atoms with Gasteiger partial charge in [-0.15, -0.1) is 0 Å². The molecule has 0 aliphatic carbocycles. The van der Waals surface area contributed by atoms with Gasteiger partial charge in [-0.25, -0.2) is 4.58 Å². The Bertz CT molecular complexity index is 704. The molecule has 0 amide bonds. The van der Waals surface area contributed by atoms with Crippen molar-refractivity contribution in [2.24, 2.45) is 10.4 Å². The summed E-state index contributed by atoms with van der Waals surface area (Å²) in [4.78, 5) is 41.1. The van der Waals surface area contributed by atoms with E-state index in [1.807, 2.05) is 19.9 Å². The smallest absolute Gasteiger partial charge is 0.367 e. The van der Waals surface area contributed by atoms with Crippen LogP contribution in [0, 0.1) is 5.41 Å². The fraction of sp³-hybridized carbons (Fsp3) is 0.500. The molecule has 0 radical (unpaired) electrons. The van der Waals surface area contributed by atoms with Crippen molar-refractivity contribution in [1.82, 2.24) is 0 Å². The molecule has 0 aromatic heterocycles. The molecular formula is C12H19N2O7P2+. The van der Waals surface area contributed by atoms with Gasteiger partial charge in [0.05, 0.1) is 6.21 Å². The predicted molar refractivity (Wildman–Crippen MR) is 83.3 cm³/mol. The molecule has 5 N–H and O–H groups in total. The highest BCUT2D eigenvalue weighted by Gasteiger charge is 2.61. The molecule has 0 bridgehead atoms. The van der Waals surface area contributed by atoms with Crippen molar-refractivity contribution < 1.29 is 38.4 Å². The van der Waals surface area contributed by atoms with Gasteiger partial charge in [0.2, 0.25) is 0 Å². The van der Waals surface area contributed by atoms with E-state index < -0.39 is 32.7 Å². The first-order chi connectivity index (χ1) is 10.3. The van der Waals surface area contributed by atoms with Crippen LogP contribution in [0.25, 0.3) is 0 Å². The van der Waals surface area contributed by atoms with Gasteiger partial charge in [0, 0.05) is 17.9 Å². The standard InChI is InChI=1S/C12H18N2O7P2/c1-11(2)4-3-5-14-9(8-13-10(14)7-11)6-12(15,22(16,17)18)23(19,20)21/h3-5,7-9,15H,6H2,1-2H3,(H3-,16,17,18,19,20,21)/p+1. The van der Waals surface area contributed by atoms with Crippen LogP contribution in [0.4, 0.5) is 0 Å². The Morgan fingerprint density at radius 2 is 1.83 bits per heavy atom. The summed E-state index contributed by atoms with van der Waals surface area (Å²) in [5, 5.41) is 6.58. The number of rotatable bonds is 4. The van der Waals surface area contributed by atoms with E-state index in [0.717, 1.165) is 0 Å². The van der Waals surface area contributed by atoms with Crippen LogP contribution in [0.1, 0.15) is 20.3 Å². The third-order valence-corrected chi connectivity index (χ3v) is 7.48. The molecule has 0 aromatic carbocycles. The van der Waals surface area contributed by atoms with Crippen molar-refractivity contribution in [3.8, 4) is 0 Å². The van der Waals surface area contributed by atoms with Crippen LogP contribution in [0.5, 0.6) is 0 Å². The van der Waals surface area contributed by atoms with Crippen molar-refractivity contribution in [3.05, 3.63) is 24.0 Å². The lowest BCUT2D eigenvalue weighted by molar-refractivity contribution is -0.489. The summed E-state index contributed by atoms with van der Waals surface area (Å²) in [7, 11) is -11.0. The van der Waals surface area contributed by atoms with Crippen molar-refractivity contribution >= 4 is 27.6 Å². The molecule has 0 saturated heterocycles. The van der Waals surface area contributed by atoms with E-state index in [0.29, 0.717) is 5.82 Å². The van der Waals surface area contributed by atoms with Crippen molar-refractivity contribution in [2.75, 3.05) is 0 Å². The number of hydrogen-bond donors (Lipinski definition) is 5. The van der Waals surface area contributed by atoms with E-state index >= 15 is 0 Å². The molecule has 128 valence electrons. The van der Waals surface area contributed by atoms with Gasteiger partial charge in [-0.2, -0.15) is 0 Å². The Hall–Kier alpha value is -0.920. The molecule has 1 atom stereocenters. The molecule has 0 aromatic rings. The molecule has 0 fully saturated rings. The third-order valence-electron chi connectivity index (χ3n) is 3.69. The molecule has 1 unspecified atom stereocenters.